The highest BCUT2D eigenvalue weighted by Gasteiger charge is 2.12. The third kappa shape index (κ3) is 5.24. The van der Waals surface area contributed by atoms with Crippen molar-refractivity contribution in [1.29, 1.82) is 0 Å². The van der Waals surface area contributed by atoms with Crippen LogP contribution < -0.4 is 5.32 Å². The highest BCUT2D eigenvalue weighted by Crippen LogP contribution is 2.16. The van der Waals surface area contributed by atoms with Gasteiger partial charge in [-0.1, -0.05) is 35.9 Å². The van der Waals surface area contributed by atoms with E-state index in [9.17, 15) is 9.59 Å². The van der Waals surface area contributed by atoms with Crippen molar-refractivity contribution >= 4 is 28.9 Å². The van der Waals surface area contributed by atoms with Crippen LogP contribution in [-0.4, -0.2) is 16.9 Å². The normalized spacial score (nSPS) is 10.4. The van der Waals surface area contributed by atoms with Crippen molar-refractivity contribution in [3.05, 3.63) is 81.3 Å². The highest BCUT2D eigenvalue weighted by atomic mass is 32.1. The number of hydrogen-bond donors (Lipinski definition) is 1. The van der Waals surface area contributed by atoms with Gasteiger partial charge >= 0.3 is 5.97 Å². The van der Waals surface area contributed by atoms with Crippen molar-refractivity contribution < 1.29 is 14.3 Å². The number of para-hydroxylation sites is 1. The first-order valence-electron chi connectivity index (χ1n) is 8.54. The van der Waals surface area contributed by atoms with E-state index >= 15 is 0 Å². The Bertz CT molecular complexity index is 965. The number of nitrogens with one attached hydrogen (secondary N) is 1. The Kier molecular flexibility index (Phi) is 5.98. The molecule has 0 spiro atoms. The number of aromatic nitrogens is 1. The molecule has 2 aromatic carbocycles. The van der Waals surface area contributed by atoms with Gasteiger partial charge in [-0.25, -0.2) is 9.78 Å². The van der Waals surface area contributed by atoms with E-state index in [0.717, 1.165) is 16.8 Å². The lowest BCUT2D eigenvalue weighted by atomic mass is 10.1. The molecule has 1 heterocycles. The lowest BCUT2D eigenvalue weighted by molar-refractivity contribution is -0.115. The van der Waals surface area contributed by atoms with Crippen LogP contribution in [0.4, 0.5) is 5.69 Å². The predicted molar refractivity (Wildman–Crippen MR) is 106 cm³/mol. The average Bonchev–Trinajstić information content (AvgIpc) is 3.09. The maximum absolute atomic E-state index is 12.2. The molecule has 3 rings (SSSR count). The summed E-state index contributed by atoms with van der Waals surface area (Å²) in [5, 5.41) is 5.38. The second-order valence-electron chi connectivity index (χ2n) is 6.22. The Morgan fingerprint density at radius 2 is 1.93 bits per heavy atom. The fourth-order valence-corrected chi connectivity index (χ4v) is 3.31. The number of carbonyl (C=O) groups excluding carboxylic acids is 2. The first-order chi connectivity index (χ1) is 13.0. The van der Waals surface area contributed by atoms with E-state index < -0.39 is 0 Å². The number of rotatable bonds is 6. The number of anilines is 1. The fraction of sp³-hybridized carbons (Fsp3) is 0.190. The van der Waals surface area contributed by atoms with Crippen LogP contribution in [0.25, 0.3) is 0 Å². The number of ether oxygens (including phenoxy) is 1. The summed E-state index contributed by atoms with van der Waals surface area (Å²) in [7, 11) is 0. The van der Waals surface area contributed by atoms with Crippen molar-refractivity contribution in [2.24, 2.45) is 0 Å². The molecule has 1 N–H and O–H groups in total. The zero-order valence-corrected chi connectivity index (χ0v) is 16.0. The van der Waals surface area contributed by atoms with Crippen LogP contribution in [0.3, 0.4) is 0 Å². The summed E-state index contributed by atoms with van der Waals surface area (Å²) >= 11 is 1.38. The van der Waals surface area contributed by atoms with Crippen molar-refractivity contribution in [2.75, 3.05) is 5.32 Å². The SMILES string of the molecule is Cc1cccc(C(=O)OCc2csc(CC(=O)Nc3ccccc3C)n2)c1. The van der Waals surface area contributed by atoms with E-state index in [1.165, 1.54) is 11.3 Å². The second kappa shape index (κ2) is 8.60. The van der Waals surface area contributed by atoms with Crippen LogP contribution in [-0.2, 0) is 22.6 Å². The number of amides is 1. The molecule has 3 aromatic rings. The molecular formula is C21H20N2O3S. The molecule has 0 saturated heterocycles. The van der Waals surface area contributed by atoms with Gasteiger partial charge in [0.25, 0.3) is 0 Å². The van der Waals surface area contributed by atoms with Gasteiger partial charge in [-0.15, -0.1) is 11.3 Å². The Morgan fingerprint density at radius 1 is 1.11 bits per heavy atom. The number of nitrogens with zero attached hydrogens (tertiary/aromatic N) is 1. The minimum absolute atomic E-state index is 0.0860. The van der Waals surface area contributed by atoms with Crippen LogP contribution in [0.15, 0.2) is 53.9 Å². The molecule has 0 bridgehead atoms. The molecular weight excluding hydrogens is 360 g/mol. The summed E-state index contributed by atoms with van der Waals surface area (Å²) in [5.41, 5.74) is 3.96. The Morgan fingerprint density at radius 3 is 2.70 bits per heavy atom. The topological polar surface area (TPSA) is 68.3 Å². The van der Waals surface area contributed by atoms with Gasteiger partial charge in [0.1, 0.15) is 11.6 Å². The molecule has 5 nitrogen and oxygen atoms in total. The molecule has 1 aromatic heterocycles. The number of aryl methyl sites for hydroxylation is 2. The van der Waals surface area contributed by atoms with Crippen molar-refractivity contribution in [3.8, 4) is 0 Å². The van der Waals surface area contributed by atoms with Crippen LogP contribution in [0.2, 0.25) is 0 Å². The van der Waals surface area contributed by atoms with Crippen LogP contribution >= 0.6 is 11.3 Å². The lowest BCUT2D eigenvalue weighted by Gasteiger charge is -2.06. The quantitative estimate of drug-likeness (QED) is 0.648. The molecule has 138 valence electrons. The second-order valence-corrected chi connectivity index (χ2v) is 7.16. The third-order valence-electron chi connectivity index (χ3n) is 3.94. The maximum atomic E-state index is 12.2. The van der Waals surface area contributed by atoms with Crippen molar-refractivity contribution in [3.63, 3.8) is 0 Å². The molecule has 0 unspecified atom stereocenters. The smallest absolute Gasteiger partial charge is 0.338 e. The maximum Gasteiger partial charge on any atom is 0.338 e. The van der Waals surface area contributed by atoms with Gasteiger partial charge in [0.15, 0.2) is 0 Å². The summed E-state index contributed by atoms with van der Waals surface area (Å²) < 4.78 is 5.30. The Labute approximate surface area is 162 Å². The summed E-state index contributed by atoms with van der Waals surface area (Å²) in [5.74, 6) is -0.507. The average molecular weight is 380 g/mol. The van der Waals surface area contributed by atoms with E-state index in [4.69, 9.17) is 4.74 Å². The first-order valence-corrected chi connectivity index (χ1v) is 9.42. The van der Waals surface area contributed by atoms with E-state index in [1.54, 1.807) is 17.5 Å². The molecule has 6 heteroatoms. The van der Waals surface area contributed by atoms with E-state index in [-0.39, 0.29) is 24.9 Å². The van der Waals surface area contributed by atoms with Crippen molar-refractivity contribution in [1.82, 2.24) is 4.98 Å². The molecule has 0 radical (unpaired) electrons. The number of carbonyl (C=O) groups is 2. The van der Waals surface area contributed by atoms with Gasteiger partial charge < -0.3 is 10.1 Å². The summed E-state index contributed by atoms with van der Waals surface area (Å²) in [6.45, 7) is 3.95. The lowest BCUT2D eigenvalue weighted by Crippen LogP contribution is -2.15. The highest BCUT2D eigenvalue weighted by molar-refractivity contribution is 7.09. The molecule has 27 heavy (non-hydrogen) atoms. The number of esters is 1. The van der Waals surface area contributed by atoms with Crippen LogP contribution in [0.5, 0.6) is 0 Å². The monoisotopic (exact) mass is 380 g/mol. The summed E-state index contributed by atoms with van der Waals surface area (Å²) in [6, 6.07) is 14.9. The summed E-state index contributed by atoms with van der Waals surface area (Å²) in [6.07, 6.45) is 0.185. The van der Waals surface area contributed by atoms with Gasteiger partial charge in [-0.05, 0) is 37.6 Å². The zero-order chi connectivity index (χ0) is 19.2. The predicted octanol–water partition coefficient (Wildman–Crippen LogP) is 4.30. The molecule has 0 saturated carbocycles. The molecule has 0 aliphatic carbocycles. The minimum atomic E-state index is -0.384. The minimum Gasteiger partial charge on any atom is -0.456 e. The zero-order valence-electron chi connectivity index (χ0n) is 15.2. The fourth-order valence-electron chi connectivity index (χ4n) is 2.54. The third-order valence-corrected chi connectivity index (χ3v) is 4.83. The molecule has 0 aliphatic heterocycles. The number of benzene rings is 2. The van der Waals surface area contributed by atoms with Gasteiger partial charge in [-0.2, -0.15) is 0 Å². The molecule has 0 aliphatic rings. The number of hydrogen-bond acceptors (Lipinski definition) is 5. The van der Waals surface area contributed by atoms with Crippen LogP contribution in [0, 0.1) is 13.8 Å². The van der Waals surface area contributed by atoms with Crippen LogP contribution in [0.1, 0.15) is 32.2 Å². The van der Waals surface area contributed by atoms with Gasteiger partial charge in [0, 0.05) is 11.1 Å². The standard InChI is InChI=1S/C21H20N2O3S/c1-14-6-5-8-16(10-14)21(25)26-12-17-13-27-20(22-17)11-19(24)23-18-9-4-3-7-15(18)2/h3-10,13H,11-12H2,1-2H3,(H,23,24). The summed E-state index contributed by atoms with van der Waals surface area (Å²) in [4.78, 5) is 28.7. The Hall–Kier alpha value is -2.99. The largest absolute Gasteiger partial charge is 0.456 e. The van der Waals surface area contributed by atoms with Gasteiger partial charge in [0.05, 0.1) is 17.7 Å². The molecule has 0 fully saturated rings. The van der Waals surface area contributed by atoms with Crippen molar-refractivity contribution in [2.45, 2.75) is 26.9 Å². The Balaban J connectivity index is 1.53. The number of thiazole rings is 1. The van der Waals surface area contributed by atoms with Gasteiger partial charge in [0.2, 0.25) is 5.91 Å². The first kappa shape index (κ1) is 18.8. The van der Waals surface area contributed by atoms with E-state index in [1.807, 2.05) is 50.2 Å². The van der Waals surface area contributed by atoms with E-state index in [2.05, 4.69) is 10.3 Å². The molecule has 1 amide bonds. The van der Waals surface area contributed by atoms with E-state index in [0.29, 0.717) is 16.3 Å². The molecule has 0 atom stereocenters. The van der Waals surface area contributed by atoms with Gasteiger partial charge in [-0.3, -0.25) is 4.79 Å².